The molecule has 0 spiro atoms. The normalized spacial score (nSPS) is 17.4. The van der Waals surface area contributed by atoms with Crippen LogP contribution in [0.3, 0.4) is 0 Å². The average Bonchev–Trinajstić information content (AvgIpc) is 2.82. The SMILES string of the molecule is Cc1cc(-n2c(=O)c(NS(=O)(=O)CC3CCC(F)(F)CC3)c(C)n2C)ccc1F. The molecule has 2 aromatic rings. The van der Waals surface area contributed by atoms with E-state index >= 15 is 0 Å². The third-order valence-electron chi connectivity index (χ3n) is 5.49. The summed E-state index contributed by atoms with van der Waals surface area (Å²) in [6.07, 6.45) is -0.399. The highest BCUT2D eigenvalue weighted by molar-refractivity contribution is 7.92. The van der Waals surface area contributed by atoms with Gasteiger partial charge in [0.05, 0.1) is 17.1 Å². The van der Waals surface area contributed by atoms with Crippen LogP contribution < -0.4 is 10.3 Å². The highest BCUT2D eigenvalue weighted by atomic mass is 32.2. The van der Waals surface area contributed by atoms with Crippen molar-refractivity contribution in [2.45, 2.75) is 45.5 Å². The van der Waals surface area contributed by atoms with Gasteiger partial charge in [-0.2, -0.15) is 0 Å². The van der Waals surface area contributed by atoms with Crippen LogP contribution in [0.5, 0.6) is 0 Å². The molecule has 3 rings (SSSR count). The molecule has 10 heteroatoms. The van der Waals surface area contributed by atoms with Crippen molar-refractivity contribution in [1.29, 1.82) is 0 Å². The molecule has 1 aliphatic rings. The molecule has 0 amide bonds. The first kappa shape index (κ1) is 21.5. The first-order valence-corrected chi connectivity index (χ1v) is 11.0. The summed E-state index contributed by atoms with van der Waals surface area (Å²) in [6, 6.07) is 4.17. The van der Waals surface area contributed by atoms with Gasteiger partial charge in [0.1, 0.15) is 11.5 Å². The van der Waals surface area contributed by atoms with Crippen molar-refractivity contribution in [3.63, 3.8) is 0 Å². The maximum atomic E-state index is 13.6. The molecule has 1 heterocycles. The molecular weight excluding hydrogens is 407 g/mol. The Morgan fingerprint density at radius 1 is 1.21 bits per heavy atom. The summed E-state index contributed by atoms with van der Waals surface area (Å²) in [4.78, 5) is 12.9. The average molecular weight is 431 g/mol. The Morgan fingerprint density at radius 3 is 2.41 bits per heavy atom. The Labute approximate surface area is 167 Å². The second-order valence-electron chi connectivity index (χ2n) is 7.72. The lowest BCUT2D eigenvalue weighted by Gasteiger charge is -2.27. The van der Waals surface area contributed by atoms with Crippen LogP contribution in [-0.4, -0.2) is 29.5 Å². The van der Waals surface area contributed by atoms with Crippen molar-refractivity contribution in [1.82, 2.24) is 9.36 Å². The van der Waals surface area contributed by atoms with Crippen molar-refractivity contribution in [2.75, 3.05) is 10.5 Å². The van der Waals surface area contributed by atoms with E-state index in [1.54, 1.807) is 20.9 Å². The third kappa shape index (κ3) is 4.52. The van der Waals surface area contributed by atoms with Crippen molar-refractivity contribution < 1.29 is 21.6 Å². The second kappa shape index (κ2) is 7.55. The summed E-state index contributed by atoms with van der Waals surface area (Å²) >= 11 is 0. The molecule has 6 nitrogen and oxygen atoms in total. The van der Waals surface area contributed by atoms with Gasteiger partial charge in [0, 0.05) is 19.9 Å². The van der Waals surface area contributed by atoms with Crippen molar-refractivity contribution in [3.8, 4) is 5.69 Å². The number of halogens is 3. The first-order valence-electron chi connectivity index (χ1n) is 9.34. The van der Waals surface area contributed by atoms with Crippen LogP contribution in [0.2, 0.25) is 0 Å². The molecule has 1 saturated carbocycles. The van der Waals surface area contributed by atoms with Crippen LogP contribution >= 0.6 is 0 Å². The minimum Gasteiger partial charge on any atom is -0.283 e. The fraction of sp³-hybridized carbons (Fsp3) is 0.526. The highest BCUT2D eigenvalue weighted by Gasteiger charge is 2.36. The Balaban J connectivity index is 1.86. The van der Waals surface area contributed by atoms with Gasteiger partial charge >= 0.3 is 0 Å². The molecule has 0 bridgehead atoms. The molecule has 1 aromatic heterocycles. The van der Waals surface area contributed by atoms with Crippen LogP contribution in [0.1, 0.15) is 36.9 Å². The number of sulfonamides is 1. The molecule has 0 atom stereocenters. The molecule has 0 radical (unpaired) electrons. The topological polar surface area (TPSA) is 73.1 Å². The van der Waals surface area contributed by atoms with Crippen LogP contribution in [-0.2, 0) is 17.1 Å². The zero-order valence-electron chi connectivity index (χ0n) is 16.5. The number of anilines is 1. The van der Waals surface area contributed by atoms with Gasteiger partial charge in [-0.1, -0.05) is 0 Å². The molecule has 1 aromatic carbocycles. The van der Waals surface area contributed by atoms with Crippen LogP contribution in [0.25, 0.3) is 5.69 Å². The predicted molar refractivity (Wildman–Crippen MR) is 105 cm³/mol. The number of rotatable bonds is 5. The molecule has 29 heavy (non-hydrogen) atoms. The first-order chi connectivity index (χ1) is 13.4. The van der Waals surface area contributed by atoms with Gasteiger partial charge in [-0.25, -0.2) is 26.3 Å². The maximum absolute atomic E-state index is 13.6. The Kier molecular flexibility index (Phi) is 5.59. The summed E-state index contributed by atoms with van der Waals surface area (Å²) in [5.74, 6) is -3.83. The number of nitrogens with zero attached hydrogens (tertiary/aromatic N) is 2. The number of alkyl halides is 2. The van der Waals surface area contributed by atoms with Gasteiger partial charge in [0.25, 0.3) is 5.56 Å². The standard InChI is InChI=1S/C19H24F3N3O3S/c1-12-10-15(4-5-16(12)20)25-18(26)17(13(2)24(25)3)23-29(27,28)11-14-6-8-19(21,22)9-7-14/h4-5,10,14,23H,6-9,11H2,1-3H3. The van der Waals surface area contributed by atoms with Crippen molar-refractivity contribution in [2.24, 2.45) is 13.0 Å². The van der Waals surface area contributed by atoms with Gasteiger partial charge in [0.2, 0.25) is 15.9 Å². The van der Waals surface area contributed by atoms with Crippen molar-refractivity contribution in [3.05, 3.63) is 45.6 Å². The Morgan fingerprint density at radius 2 is 1.83 bits per heavy atom. The van der Waals surface area contributed by atoms with E-state index in [0.29, 0.717) is 16.9 Å². The van der Waals surface area contributed by atoms with E-state index in [1.807, 2.05) is 0 Å². The van der Waals surface area contributed by atoms with Crippen LogP contribution in [0.4, 0.5) is 18.9 Å². The third-order valence-corrected chi connectivity index (χ3v) is 6.91. The summed E-state index contributed by atoms with van der Waals surface area (Å²) in [6.45, 7) is 3.16. The van der Waals surface area contributed by atoms with Gasteiger partial charge < -0.3 is 0 Å². The van der Waals surface area contributed by atoms with Gasteiger partial charge in [0.15, 0.2) is 0 Å². The van der Waals surface area contributed by atoms with Gasteiger partial charge in [-0.15, -0.1) is 0 Å². The van der Waals surface area contributed by atoms with E-state index in [4.69, 9.17) is 0 Å². The molecule has 1 fully saturated rings. The van der Waals surface area contributed by atoms with E-state index in [0.717, 1.165) is 0 Å². The number of nitrogens with one attached hydrogen (secondary N) is 1. The summed E-state index contributed by atoms with van der Waals surface area (Å²) in [5, 5.41) is 0. The number of aromatic nitrogens is 2. The van der Waals surface area contributed by atoms with Crippen molar-refractivity contribution >= 4 is 15.7 Å². The smallest absolute Gasteiger partial charge is 0.283 e. The zero-order valence-corrected chi connectivity index (χ0v) is 17.3. The Hall–Kier alpha value is -2.23. The number of benzene rings is 1. The summed E-state index contributed by atoms with van der Waals surface area (Å²) < 4.78 is 70.4. The summed E-state index contributed by atoms with van der Waals surface area (Å²) in [5.41, 5.74) is 0.449. The van der Waals surface area contributed by atoms with Gasteiger partial charge in [-0.3, -0.25) is 14.2 Å². The van der Waals surface area contributed by atoms with E-state index in [-0.39, 0.29) is 43.0 Å². The molecule has 0 unspecified atom stereocenters. The zero-order chi connectivity index (χ0) is 21.6. The lowest BCUT2D eigenvalue weighted by atomic mass is 9.88. The lowest BCUT2D eigenvalue weighted by molar-refractivity contribution is -0.0435. The minimum absolute atomic E-state index is 0.101. The lowest BCUT2D eigenvalue weighted by Crippen LogP contribution is -2.31. The minimum atomic E-state index is -3.90. The second-order valence-corrected chi connectivity index (χ2v) is 9.48. The maximum Gasteiger partial charge on any atom is 0.296 e. The predicted octanol–water partition coefficient (Wildman–Crippen LogP) is 3.50. The van der Waals surface area contributed by atoms with E-state index in [1.165, 1.54) is 27.6 Å². The molecule has 1 aliphatic carbocycles. The number of aryl methyl sites for hydroxylation is 1. The quantitative estimate of drug-likeness (QED) is 0.788. The van der Waals surface area contributed by atoms with E-state index < -0.39 is 27.3 Å². The largest absolute Gasteiger partial charge is 0.296 e. The van der Waals surface area contributed by atoms with Crippen LogP contribution in [0.15, 0.2) is 23.0 Å². The molecular formula is C19H24F3N3O3S. The van der Waals surface area contributed by atoms with E-state index in [9.17, 15) is 26.4 Å². The monoisotopic (exact) mass is 431 g/mol. The van der Waals surface area contributed by atoms with E-state index in [2.05, 4.69) is 4.72 Å². The molecule has 1 N–H and O–H groups in total. The summed E-state index contributed by atoms with van der Waals surface area (Å²) in [7, 11) is -2.30. The fourth-order valence-corrected chi connectivity index (χ4v) is 5.23. The molecule has 160 valence electrons. The van der Waals surface area contributed by atoms with Crippen LogP contribution in [0, 0.1) is 25.6 Å². The highest BCUT2D eigenvalue weighted by Crippen LogP contribution is 2.36. The number of hydrogen-bond acceptors (Lipinski definition) is 3. The fourth-order valence-electron chi connectivity index (χ4n) is 3.65. The Bertz CT molecular complexity index is 1080. The molecule has 0 saturated heterocycles. The van der Waals surface area contributed by atoms with Gasteiger partial charge in [-0.05, 0) is 56.4 Å². The molecule has 0 aliphatic heterocycles. The number of hydrogen-bond donors (Lipinski definition) is 1.